The van der Waals surface area contributed by atoms with Crippen LogP contribution >= 0.6 is 11.6 Å². The van der Waals surface area contributed by atoms with Crippen LogP contribution in [-0.4, -0.2) is 118 Å². The van der Waals surface area contributed by atoms with Crippen LogP contribution in [0, 0.1) is 11.3 Å². The zero-order valence-electron chi connectivity index (χ0n) is 31.5. The molecule has 57 heavy (non-hydrogen) atoms. The largest absolute Gasteiger partial charge is 0.490 e. The summed E-state index contributed by atoms with van der Waals surface area (Å²) in [4.78, 5) is 71.5. The normalized spacial score (nSPS) is 23.5. The van der Waals surface area contributed by atoms with Gasteiger partial charge < -0.3 is 15.0 Å². The summed E-state index contributed by atoms with van der Waals surface area (Å²) in [5.41, 5.74) is 2.25. The number of amides is 5. The predicted octanol–water partition coefficient (Wildman–Crippen LogP) is 3.31. The molecule has 1 aromatic heterocycles. The maximum Gasteiger partial charge on any atom is 0.272 e. The highest BCUT2D eigenvalue weighted by atomic mass is 35.5. The minimum absolute atomic E-state index is 0.0177. The average molecular weight is 794 g/mol. The van der Waals surface area contributed by atoms with Crippen LogP contribution in [0.25, 0.3) is 0 Å². The van der Waals surface area contributed by atoms with E-state index in [9.17, 15) is 24.0 Å². The number of anilines is 1. The van der Waals surface area contributed by atoms with E-state index in [1.807, 2.05) is 12.1 Å². The first-order valence-electron chi connectivity index (χ1n) is 19.7. The molecule has 296 valence electrons. The quantitative estimate of drug-likeness (QED) is 0.302. The summed E-state index contributed by atoms with van der Waals surface area (Å²) >= 11 is 6.14. The van der Waals surface area contributed by atoms with Crippen molar-refractivity contribution < 1.29 is 28.7 Å². The van der Waals surface area contributed by atoms with Gasteiger partial charge in [-0.2, -0.15) is 5.26 Å². The number of halogens is 1. The molecule has 4 aliphatic heterocycles. The third-order valence-electron chi connectivity index (χ3n) is 11.9. The number of piperazine rings is 1. The van der Waals surface area contributed by atoms with E-state index in [2.05, 4.69) is 41.6 Å². The van der Waals surface area contributed by atoms with Crippen molar-refractivity contribution in [2.24, 2.45) is 0 Å². The van der Waals surface area contributed by atoms with Crippen LogP contribution in [-0.2, 0) is 16.1 Å². The number of nitrogens with zero attached hydrogens (tertiary/aromatic N) is 7. The number of nitriles is 1. The van der Waals surface area contributed by atoms with E-state index in [0.717, 1.165) is 94.1 Å². The Labute approximate surface area is 335 Å². The third kappa shape index (κ3) is 8.34. The van der Waals surface area contributed by atoms with Gasteiger partial charge >= 0.3 is 0 Å². The molecule has 4 fully saturated rings. The van der Waals surface area contributed by atoms with E-state index >= 15 is 0 Å². The van der Waals surface area contributed by atoms with Gasteiger partial charge in [-0.25, -0.2) is 0 Å². The standard InChI is InChI=1S/C41H44ClN9O6/c42-33-22-30(5-2-26(33)23-43)57-29-6-3-27(4-7-29)44-38(53)34-9-11-36(47-46-34)50-15-13-28(14-16-50)49-19-17-48(18-20-49)24-25-1-8-31-32(21-25)41(56)51(40(31)55)35-10-12-37(52)45-39(35)54/h1-2,5,8-9,11,21-22,27-29,35H,3-4,6-7,10,12-20,24H2,(H,44,53)(H,45,52,54). The van der Waals surface area contributed by atoms with Crippen LogP contribution in [0.2, 0.25) is 5.02 Å². The molecule has 0 radical (unpaired) electrons. The summed E-state index contributed by atoms with van der Waals surface area (Å²) in [6.07, 6.45) is 5.38. The SMILES string of the molecule is N#Cc1ccc(OC2CCC(NC(=O)c3ccc(N4CCC(N5CCN(Cc6ccc7c(c6)C(=O)N(C6CCC(=O)NC6=O)C7=O)CC5)CC4)nn3)CC2)cc1Cl. The molecule has 1 atom stereocenters. The van der Waals surface area contributed by atoms with Crippen molar-refractivity contribution in [3.63, 3.8) is 0 Å². The fourth-order valence-corrected chi connectivity index (χ4v) is 8.89. The molecular weight excluding hydrogens is 750 g/mol. The predicted molar refractivity (Wildman–Crippen MR) is 208 cm³/mol. The zero-order chi connectivity index (χ0) is 39.6. The number of hydrogen-bond acceptors (Lipinski definition) is 12. The Morgan fingerprint density at radius 2 is 1.61 bits per heavy atom. The number of carbonyl (C=O) groups excluding carboxylic acids is 5. The van der Waals surface area contributed by atoms with Crippen molar-refractivity contribution in [3.8, 4) is 11.8 Å². The average Bonchev–Trinajstić information content (AvgIpc) is 3.47. The molecule has 3 saturated heterocycles. The summed E-state index contributed by atoms with van der Waals surface area (Å²) in [6.45, 7) is 5.97. The van der Waals surface area contributed by atoms with Crippen molar-refractivity contribution in [3.05, 3.63) is 81.5 Å². The topological polar surface area (TPSA) is 181 Å². The minimum Gasteiger partial charge on any atom is -0.490 e. The van der Waals surface area contributed by atoms with E-state index in [0.29, 0.717) is 45.7 Å². The van der Waals surface area contributed by atoms with Crippen LogP contribution in [0.1, 0.15) is 93.7 Å². The zero-order valence-corrected chi connectivity index (χ0v) is 32.2. The van der Waals surface area contributed by atoms with Gasteiger partial charge in [0.1, 0.15) is 17.9 Å². The Kier molecular flexibility index (Phi) is 11.2. The van der Waals surface area contributed by atoms with Gasteiger partial charge in [-0.15, -0.1) is 10.2 Å². The Morgan fingerprint density at radius 1 is 0.860 bits per heavy atom. The van der Waals surface area contributed by atoms with Crippen LogP contribution in [0.5, 0.6) is 5.75 Å². The van der Waals surface area contributed by atoms with E-state index in [4.69, 9.17) is 21.6 Å². The van der Waals surface area contributed by atoms with Crippen LogP contribution in [0.3, 0.4) is 0 Å². The number of hydrogen-bond donors (Lipinski definition) is 2. The molecule has 16 heteroatoms. The first-order chi connectivity index (χ1) is 27.6. The van der Waals surface area contributed by atoms with Gasteiger partial charge in [-0.1, -0.05) is 17.7 Å². The van der Waals surface area contributed by atoms with Crippen LogP contribution in [0.4, 0.5) is 5.82 Å². The molecule has 5 aliphatic rings. The van der Waals surface area contributed by atoms with Gasteiger partial charge in [0.2, 0.25) is 11.8 Å². The highest BCUT2D eigenvalue weighted by Gasteiger charge is 2.44. The molecule has 1 unspecified atom stereocenters. The van der Waals surface area contributed by atoms with Crippen LogP contribution < -0.4 is 20.3 Å². The number of piperidine rings is 2. The van der Waals surface area contributed by atoms with Gasteiger partial charge in [-0.05, 0) is 86.9 Å². The highest BCUT2D eigenvalue weighted by Crippen LogP contribution is 2.30. The number of rotatable bonds is 9. The summed E-state index contributed by atoms with van der Waals surface area (Å²) in [6, 6.07) is 15.6. The molecule has 2 aromatic carbocycles. The second kappa shape index (κ2) is 16.6. The summed E-state index contributed by atoms with van der Waals surface area (Å²) < 4.78 is 6.08. The fraction of sp³-hybridized carbons (Fsp3) is 0.463. The molecule has 0 spiro atoms. The Hall–Kier alpha value is -5.43. The first-order valence-corrected chi connectivity index (χ1v) is 20.1. The second-order valence-corrected chi connectivity index (χ2v) is 15.9. The van der Waals surface area contributed by atoms with Gasteiger partial charge in [0.05, 0.1) is 27.8 Å². The summed E-state index contributed by atoms with van der Waals surface area (Å²) in [7, 11) is 0. The van der Waals surface area contributed by atoms with Gasteiger partial charge in [0.25, 0.3) is 17.7 Å². The molecule has 1 aliphatic carbocycles. The second-order valence-electron chi connectivity index (χ2n) is 15.5. The van der Waals surface area contributed by atoms with E-state index in [1.165, 1.54) is 0 Å². The molecule has 2 N–H and O–H groups in total. The minimum atomic E-state index is -0.973. The number of benzene rings is 2. The lowest BCUT2D eigenvalue weighted by Crippen LogP contribution is -2.54. The Balaban J connectivity index is 0.754. The van der Waals surface area contributed by atoms with Crippen molar-refractivity contribution in [1.82, 2.24) is 35.5 Å². The Bertz CT molecular complexity index is 2100. The molecule has 5 heterocycles. The maximum absolute atomic E-state index is 13.3. The summed E-state index contributed by atoms with van der Waals surface area (Å²) in [5, 5.41) is 23.5. The number of ether oxygens (including phenoxy) is 1. The molecule has 1 saturated carbocycles. The number of carbonyl (C=O) groups is 5. The van der Waals surface area contributed by atoms with E-state index in [-0.39, 0.29) is 30.9 Å². The lowest BCUT2D eigenvalue weighted by atomic mass is 9.93. The highest BCUT2D eigenvalue weighted by molar-refractivity contribution is 6.31. The molecule has 0 bridgehead atoms. The van der Waals surface area contributed by atoms with E-state index in [1.54, 1.807) is 36.4 Å². The smallest absolute Gasteiger partial charge is 0.272 e. The lowest BCUT2D eigenvalue weighted by Gasteiger charge is -2.43. The molecule has 3 aromatic rings. The lowest BCUT2D eigenvalue weighted by molar-refractivity contribution is -0.136. The molecule has 8 rings (SSSR count). The molecule has 15 nitrogen and oxygen atoms in total. The van der Waals surface area contributed by atoms with Crippen molar-refractivity contribution in [2.45, 2.75) is 82.1 Å². The first kappa shape index (κ1) is 38.4. The molecule has 5 amide bonds. The number of fused-ring (bicyclic) bond motifs is 1. The number of aromatic nitrogens is 2. The van der Waals surface area contributed by atoms with E-state index < -0.39 is 29.7 Å². The van der Waals surface area contributed by atoms with Gasteiger partial charge in [-0.3, -0.25) is 44.0 Å². The van der Waals surface area contributed by atoms with Crippen molar-refractivity contribution in [2.75, 3.05) is 44.2 Å². The van der Waals surface area contributed by atoms with Gasteiger partial charge in [0.15, 0.2) is 11.5 Å². The van der Waals surface area contributed by atoms with Crippen LogP contribution in [0.15, 0.2) is 48.5 Å². The summed E-state index contributed by atoms with van der Waals surface area (Å²) in [5.74, 6) is -0.806. The Morgan fingerprint density at radius 3 is 2.30 bits per heavy atom. The maximum atomic E-state index is 13.3. The van der Waals surface area contributed by atoms with Crippen molar-refractivity contribution in [1.29, 1.82) is 5.26 Å². The fourth-order valence-electron chi connectivity index (χ4n) is 8.67. The number of nitrogens with one attached hydrogen (secondary N) is 2. The van der Waals surface area contributed by atoms with Gasteiger partial charge in [0, 0.05) is 70.4 Å². The monoisotopic (exact) mass is 793 g/mol. The third-order valence-corrected chi connectivity index (χ3v) is 12.2. The molecular formula is C41H44ClN9O6. The van der Waals surface area contributed by atoms with Crippen molar-refractivity contribution >= 4 is 47.0 Å². The number of imide groups is 2.